The van der Waals surface area contributed by atoms with E-state index in [1.165, 1.54) is 18.7 Å². The number of hydrogen-bond donors (Lipinski definition) is 3. The molecule has 0 aliphatic carbocycles. The molecule has 1 saturated heterocycles. The SMILES string of the molecule is Cc1ncsc1-c1ccc(CNC(=O)C2CC(O)CN2C(=O)C(NC(=O)C(C)CC(C)C)C(C)(C)F)cc1. The Morgan fingerprint density at radius 3 is 2.42 bits per heavy atom. The van der Waals surface area contributed by atoms with Crippen molar-refractivity contribution in [1.29, 1.82) is 0 Å². The monoisotopic (exact) mass is 546 g/mol. The Hall–Kier alpha value is -2.85. The number of aliphatic hydroxyl groups is 1. The Kier molecular flexibility index (Phi) is 9.64. The van der Waals surface area contributed by atoms with E-state index in [0.717, 1.165) is 21.7 Å². The zero-order valence-corrected chi connectivity index (χ0v) is 23.8. The summed E-state index contributed by atoms with van der Waals surface area (Å²) in [5.41, 5.74) is 2.60. The molecule has 10 heteroatoms. The van der Waals surface area contributed by atoms with Crippen LogP contribution in [0, 0.1) is 18.8 Å². The van der Waals surface area contributed by atoms with Gasteiger partial charge in [0.25, 0.3) is 0 Å². The Labute approximate surface area is 228 Å². The highest BCUT2D eigenvalue weighted by Gasteiger charge is 2.46. The summed E-state index contributed by atoms with van der Waals surface area (Å²) in [6.45, 7) is 10.2. The second kappa shape index (κ2) is 12.3. The Morgan fingerprint density at radius 2 is 1.87 bits per heavy atom. The number of amides is 3. The molecule has 208 valence electrons. The number of β-amino-alcohol motifs (C(OH)–C–C–N with tert-alkyl or cyclic N) is 1. The van der Waals surface area contributed by atoms with E-state index in [-0.39, 0.29) is 25.4 Å². The van der Waals surface area contributed by atoms with Gasteiger partial charge in [-0.3, -0.25) is 14.4 Å². The lowest BCUT2D eigenvalue weighted by molar-refractivity contribution is -0.145. The van der Waals surface area contributed by atoms with Crippen LogP contribution in [-0.2, 0) is 20.9 Å². The lowest BCUT2D eigenvalue weighted by atomic mass is 9.95. The molecule has 8 nitrogen and oxygen atoms in total. The van der Waals surface area contributed by atoms with Crippen LogP contribution in [-0.4, -0.2) is 63.1 Å². The average molecular weight is 547 g/mol. The first kappa shape index (κ1) is 29.7. The van der Waals surface area contributed by atoms with E-state index in [2.05, 4.69) is 15.6 Å². The van der Waals surface area contributed by atoms with Crippen LogP contribution in [0.15, 0.2) is 29.8 Å². The van der Waals surface area contributed by atoms with Crippen molar-refractivity contribution in [1.82, 2.24) is 20.5 Å². The smallest absolute Gasteiger partial charge is 0.249 e. The van der Waals surface area contributed by atoms with E-state index in [9.17, 15) is 19.5 Å². The number of aliphatic hydroxyl groups excluding tert-OH is 1. The summed E-state index contributed by atoms with van der Waals surface area (Å²) in [4.78, 5) is 45.8. The Morgan fingerprint density at radius 1 is 1.21 bits per heavy atom. The van der Waals surface area contributed by atoms with Gasteiger partial charge in [-0.05, 0) is 44.2 Å². The van der Waals surface area contributed by atoms with Crippen molar-refractivity contribution in [3.05, 3.63) is 41.0 Å². The third-order valence-electron chi connectivity index (χ3n) is 6.79. The zero-order chi connectivity index (χ0) is 28.2. The molecule has 1 fully saturated rings. The van der Waals surface area contributed by atoms with Crippen LogP contribution >= 0.6 is 11.3 Å². The van der Waals surface area contributed by atoms with Crippen molar-refractivity contribution in [2.24, 2.45) is 11.8 Å². The largest absolute Gasteiger partial charge is 0.391 e. The molecular weight excluding hydrogens is 507 g/mol. The standard InChI is InChI=1S/C28H39FN4O4S/c1-16(2)11-17(3)25(35)32-24(28(5,6)29)27(37)33-14-21(34)12-22(33)26(36)30-13-19-7-9-20(10-8-19)23-18(4)31-15-38-23/h7-10,15-17,21-22,24,34H,11-14H2,1-6H3,(H,30,36)(H,32,35). The quantitative estimate of drug-likeness (QED) is 0.422. The van der Waals surface area contributed by atoms with Crippen LogP contribution in [0.4, 0.5) is 4.39 Å². The minimum Gasteiger partial charge on any atom is -0.391 e. The fraction of sp³-hybridized carbons (Fsp3) is 0.571. The summed E-state index contributed by atoms with van der Waals surface area (Å²) >= 11 is 1.56. The van der Waals surface area contributed by atoms with E-state index < -0.39 is 47.5 Å². The molecule has 2 heterocycles. The summed E-state index contributed by atoms with van der Waals surface area (Å²) in [5.74, 6) is -1.71. The Bertz CT molecular complexity index is 1130. The van der Waals surface area contributed by atoms with Gasteiger partial charge in [0.1, 0.15) is 17.8 Å². The maximum atomic E-state index is 15.2. The van der Waals surface area contributed by atoms with Gasteiger partial charge in [-0.1, -0.05) is 45.0 Å². The van der Waals surface area contributed by atoms with Gasteiger partial charge in [-0.25, -0.2) is 9.37 Å². The third kappa shape index (κ3) is 7.38. The topological polar surface area (TPSA) is 112 Å². The maximum absolute atomic E-state index is 15.2. The first-order valence-electron chi connectivity index (χ1n) is 13.0. The highest BCUT2D eigenvalue weighted by atomic mass is 32.1. The number of aromatic nitrogens is 1. The van der Waals surface area contributed by atoms with Crippen molar-refractivity contribution in [3.8, 4) is 10.4 Å². The van der Waals surface area contributed by atoms with Gasteiger partial charge in [-0.2, -0.15) is 0 Å². The second-order valence-electron chi connectivity index (χ2n) is 11.1. The van der Waals surface area contributed by atoms with Gasteiger partial charge in [0.2, 0.25) is 17.7 Å². The molecule has 0 saturated carbocycles. The summed E-state index contributed by atoms with van der Waals surface area (Å²) in [6, 6.07) is 5.31. The van der Waals surface area contributed by atoms with Gasteiger partial charge >= 0.3 is 0 Å². The first-order valence-corrected chi connectivity index (χ1v) is 13.9. The summed E-state index contributed by atoms with van der Waals surface area (Å²) in [6.07, 6.45) is -0.286. The molecule has 0 spiro atoms. The molecule has 3 rings (SSSR count). The molecule has 1 aliphatic heterocycles. The summed E-state index contributed by atoms with van der Waals surface area (Å²) in [7, 11) is 0. The zero-order valence-electron chi connectivity index (χ0n) is 23.0. The van der Waals surface area contributed by atoms with Crippen LogP contribution < -0.4 is 10.6 Å². The minimum atomic E-state index is -2.07. The fourth-order valence-electron chi connectivity index (χ4n) is 4.76. The van der Waals surface area contributed by atoms with Gasteiger partial charge in [0.05, 0.1) is 22.2 Å². The van der Waals surface area contributed by atoms with Crippen molar-refractivity contribution in [2.75, 3.05) is 6.54 Å². The number of carbonyl (C=O) groups is 3. The molecule has 1 aromatic carbocycles. The number of carbonyl (C=O) groups excluding carboxylic acids is 3. The van der Waals surface area contributed by atoms with E-state index in [1.807, 2.05) is 45.0 Å². The van der Waals surface area contributed by atoms with Crippen molar-refractivity contribution in [2.45, 2.75) is 84.8 Å². The molecule has 0 radical (unpaired) electrons. The molecule has 1 aromatic heterocycles. The summed E-state index contributed by atoms with van der Waals surface area (Å²) < 4.78 is 15.2. The van der Waals surface area contributed by atoms with Crippen LogP contribution in [0.2, 0.25) is 0 Å². The average Bonchev–Trinajstić information content (AvgIpc) is 3.45. The number of alkyl halides is 1. The van der Waals surface area contributed by atoms with Crippen molar-refractivity contribution < 1.29 is 23.9 Å². The van der Waals surface area contributed by atoms with Gasteiger partial charge in [0.15, 0.2) is 0 Å². The van der Waals surface area contributed by atoms with Gasteiger partial charge in [-0.15, -0.1) is 11.3 Å². The van der Waals surface area contributed by atoms with Crippen molar-refractivity contribution >= 4 is 29.1 Å². The number of hydrogen-bond acceptors (Lipinski definition) is 6. The summed E-state index contributed by atoms with van der Waals surface area (Å²) in [5, 5.41) is 15.7. The fourth-order valence-corrected chi connectivity index (χ4v) is 5.57. The maximum Gasteiger partial charge on any atom is 0.249 e. The lowest BCUT2D eigenvalue weighted by Gasteiger charge is -2.33. The molecule has 0 bridgehead atoms. The highest BCUT2D eigenvalue weighted by Crippen LogP contribution is 2.28. The van der Waals surface area contributed by atoms with E-state index in [0.29, 0.717) is 6.42 Å². The Balaban J connectivity index is 1.68. The minimum absolute atomic E-state index is 0.0400. The van der Waals surface area contributed by atoms with Crippen LogP contribution in [0.25, 0.3) is 10.4 Å². The molecule has 4 unspecified atom stereocenters. The molecular formula is C28H39FN4O4S. The molecule has 3 N–H and O–H groups in total. The number of thiazole rings is 1. The van der Waals surface area contributed by atoms with E-state index in [1.54, 1.807) is 23.8 Å². The normalized spacial score (nSPS) is 19.3. The van der Waals surface area contributed by atoms with E-state index in [4.69, 9.17) is 0 Å². The molecule has 4 atom stereocenters. The lowest BCUT2D eigenvalue weighted by Crippen LogP contribution is -2.60. The molecule has 2 aromatic rings. The number of halogens is 1. The van der Waals surface area contributed by atoms with E-state index >= 15 is 4.39 Å². The number of aryl methyl sites for hydroxylation is 1. The molecule has 3 amide bonds. The number of likely N-dealkylation sites (tertiary alicyclic amines) is 1. The molecule has 38 heavy (non-hydrogen) atoms. The van der Waals surface area contributed by atoms with Gasteiger partial charge in [0, 0.05) is 25.4 Å². The van der Waals surface area contributed by atoms with Crippen LogP contribution in [0.5, 0.6) is 0 Å². The number of nitrogens with one attached hydrogen (secondary N) is 2. The van der Waals surface area contributed by atoms with Crippen LogP contribution in [0.3, 0.4) is 0 Å². The predicted molar refractivity (Wildman–Crippen MR) is 146 cm³/mol. The number of nitrogens with zero attached hydrogens (tertiary/aromatic N) is 2. The van der Waals surface area contributed by atoms with Crippen LogP contribution in [0.1, 0.15) is 58.7 Å². The number of benzene rings is 1. The van der Waals surface area contributed by atoms with Gasteiger partial charge < -0.3 is 20.6 Å². The third-order valence-corrected chi connectivity index (χ3v) is 7.76. The predicted octanol–water partition coefficient (Wildman–Crippen LogP) is 3.61. The highest BCUT2D eigenvalue weighted by molar-refractivity contribution is 7.13. The first-order chi connectivity index (χ1) is 17.8. The second-order valence-corrected chi connectivity index (χ2v) is 12.0. The molecule has 1 aliphatic rings. The number of rotatable bonds is 10. The van der Waals surface area contributed by atoms with Crippen molar-refractivity contribution in [3.63, 3.8) is 0 Å².